The first-order valence-corrected chi connectivity index (χ1v) is 5.25. The number of rotatable bonds is 6. The highest BCUT2D eigenvalue weighted by atomic mass is 19.4. The first-order chi connectivity index (χ1) is 7.47. The van der Waals surface area contributed by atoms with Gasteiger partial charge in [0.05, 0.1) is 6.20 Å². The zero-order valence-electron chi connectivity index (χ0n) is 9.14. The molecule has 92 valence electrons. The van der Waals surface area contributed by atoms with Crippen molar-refractivity contribution in [1.29, 1.82) is 0 Å². The maximum absolute atomic E-state index is 11.9. The molecule has 0 aromatic carbocycles. The van der Waals surface area contributed by atoms with E-state index in [1.807, 2.05) is 6.92 Å². The molecule has 0 aliphatic heterocycles. The normalized spacial score (nSPS) is 14.0. The van der Waals surface area contributed by atoms with Crippen LogP contribution in [-0.2, 0) is 6.54 Å². The van der Waals surface area contributed by atoms with Gasteiger partial charge in [-0.15, -0.1) is 0 Å². The highest BCUT2D eigenvalue weighted by Crippen LogP contribution is 2.22. The molecule has 0 spiro atoms. The summed E-state index contributed by atoms with van der Waals surface area (Å²) >= 11 is 0. The van der Waals surface area contributed by atoms with Gasteiger partial charge in [-0.3, -0.25) is 5.10 Å². The third-order valence-electron chi connectivity index (χ3n) is 2.31. The predicted octanol–water partition coefficient (Wildman–Crippen LogP) is 2.62. The summed E-state index contributed by atoms with van der Waals surface area (Å²) in [5.41, 5.74) is 1.00. The molecular weight excluding hydrogens is 219 g/mol. The van der Waals surface area contributed by atoms with Crippen LogP contribution < -0.4 is 5.32 Å². The minimum Gasteiger partial charge on any atom is -0.310 e. The first-order valence-electron chi connectivity index (χ1n) is 5.25. The van der Waals surface area contributed by atoms with Gasteiger partial charge in [-0.1, -0.05) is 0 Å². The van der Waals surface area contributed by atoms with Crippen LogP contribution in [0.25, 0.3) is 0 Å². The van der Waals surface area contributed by atoms with E-state index in [9.17, 15) is 13.2 Å². The number of alkyl halides is 3. The van der Waals surface area contributed by atoms with E-state index < -0.39 is 12.6 Å². The standard InChI is InChI=1S/C10H16F3N3/c1-8(3-2-4-10(11,12)13)14-5-9-6-15-16-7-9/h6-8,14H,2-5H2,1H3,(H,15,16). The summed E-state index contributed by atoms with van der Waals surface area (Å²) in [7, 11) is 0. The van der Waals surface area contributed by atoms with Crippen LogP contribution in [0.5, 0.6) is 0 Å². The van der Waals surface area contributed by atoms with Crippen molar-refractivity contribution in [1.82, 2.24) is 15.5 Å². The van der Waals surface area contributed by atoms with Gasteiger partial charge in [-0.2, -0.15) is 18.3 Å². The van der Waals surface area contributed by atoms with Crippen molar-refractivity contribution in [3.8, 4) is 0 Å². The second kappa shape index (κ2) is 5.89. The first kappa shape index (κ1) is 13.0. The summed E-state index contributed by atoms with van der Waals surface area (Å²) in [5, 5.41) is 9.60. The molecule has 16 heavy (non-hydrogen) atoms. The highest BCUT2D eigenvalue weighted by molar-refractivity contribution is 5.01. The van der Waals surface area contributed by atoms with Gasteiger partial charge >= 0.3 is 6.18 Å². The number of hydrogen-bond donors (Lipinski definition) is 2. The van der Waals surface area contributed by atoms with Gasteiger partial charge < -0.3 is 5.32 Å². The van der Waals surface area contributed by atoms with E-state index in [4.69, 9.17) is 0 Å². The molecule has 6 heteroatoms. The van der Waals surface area contributed by atoms with E-state index in [1.54, 1.807) is 12.4 Å². The molecule has 0 amide bonds. The van der Waals surface area contributed by atoms with E-state index in [0.29, 0.717) is 13.0 Å². The molecule has 1 aromatic heterocycles. The van der Waals surface area contributed by atoms with Gasteiger partial charge in [0.2, 0.25) is 0 Å². The maximum atomic E-state index is 11.9. The van der Waals surface area contributed by atoms with Gasteiger partial charge in [0.15, 0.2) is 0 Å². The SMILES string of the molecule is CC(CCCC(F)(F)F)NCc1cn[nH]c1. The highest BCUT2D eigenvalue weighted by Gasteiger charge is 2.26. The summed E-state index contributed by atoms with van der Waals surface area (Å²) < 4.78 is 35.6. The van der Waals surface area contributed by atoms with Crippen LogP contribution in [0.4, 0.5) is 13.2 Å². The summed E-state index contributed by atoms with van der Waals surface area (Å²) in [5.74, 6) is 0. The minimum absolute atomic E-state index is 0.0808. The van der Waals surface area contributed by atoms with Crippen LogP contribution in [0.2, 0.25) is 0 Å². The van der Waals surface area contributed by atoms with Crippen LogP contribution >= 0.6 is 0 Å². The topological polar surface area (TPSA) is 40.7 Å². The largest absolute Gasteiger partial charge is 0.389 e. The summed E-state index contributed by atoms with van der Waals surface area (Å²) in [4.78, 5) is 0. The van der Waals surface area contributed by atoms with E-state index in [1.165, 1.54) is 0 Å². The fourth-order valence-corrected chi connectivity index (χ4v) is 1.38. The van der Waals surface area contributed by atoms with Crippen LogP contribution in [-0.4, -0.2) is 22.4 Å². The monoisotopic (exact) mass is 235 g/mol. The molecule has 0 saturated carbocycles. The van der Waals surface area contributed by atoms with Gasteiger partial charge in [-0.05, 0) is 19.8 Å². The predicted molar refractivity (Wildman–Crippen MR) is 54.8 cm³/mol. The fourth-order valence-electron chi connectivity index (χ4n) is 1.38. The lowest BCUT2D eigenvalue weighted by atomic mass is 10.1. The van der Waals surface area contributed by atoms with E-state index in [2.05, 4.69) is 15.5 Å². The number of aromatic amines is 1. The lowest BCUT2D eigenvalue weighted by Gasteiger charge is -2.13. The molecule has 1 unspecified atom stereocenters. The third-order valence-corrected chi connectivity index (χ3v) is 2.31. The Morgan fingerprint density at radius 2 is 2.25 bits per heavy atom. The van der Waals surface area contributed by atoms with Gasteiger partial charge in [0.1, 0.15) is 0 Å². The molecule has 1 rings (SSSR count). The maximum Gasteiger partial charge on any atom is 0.389 e. The zero-order valence-corrected chi connectivity index (χ0v) is 9.14. The van der Waals surface area contributed by atoms with Crippen LogP contribution in [0.15, 0.2) is 12.4 Å². The number of nitrogens with zero attached hydrogens (tertiary/aromatic N) is 1. The number of halogens is 3. The van der Waals surface area contributed by atoms with Crippen molar-refractivity contribution in [2.45, 2.75) is 44.9 Å². The molecule has 2 N–H and O–H groups in total. The van der Waals surface area contributed by atoms with Crippen molar-refractivity contribution >= 4 is 0 Å². The number of hydrogen-bond acceptors (Lipinski definition) is 2. The molecule has 0 radical (unpaired) electrons. The molecule has 0 fully saturated rings. The molecule has 1 aromatic rings. The van der Waals surface area contributed by atoms with E-state index in [0.717, 1.165) is 5.56 Å². The molecule has 1 heterocycles. The lowest BCUT2D eigenvalue weighted by molar-refractivity contribution is -0.135. The van der Waals surface area contributed by atoms with E-state index in [-0.39, 0.29) is 12.5 Å². The Kier molecular flexibility index (Phi) is 4.79. The zero-order chi connectivity index (χ0) is 12.0. The molecule has 0 saturated heterocycles. The number of H-pyrrole nitrogens is 1. The van der Waals surface area contributed by atoms with Crippen molar-refractivity contribution in [2.24, 2.45) is 0 Å². The molecular formula is C10H16F3N3. The Hall–Kier alpha value is -1.04. The molecule has 1 atom stereocenters. The Morgan fingerprint density at radius 1 is 1.50 bits per heavy atom. The summed E-state index contributed by atoms with van der Waals surface area (Å²) in [6, 6.07) is 0.0808. The Labute approximate surface area is 92.4 Å². The van der Waals surface area contributed by atoms with Crippen LogP contribution in [0.1, 0.15) is 31.7 Å². The average molecular weight is 235 g/mol. The van der Waals surface area contributed by atoms with Crippen molar-refractivity contribution in [3.63, 3.8) is 0 Å². The smallest absolute Gasteiger partial charge is 0.310 e. The average Bonchev–Trinajstić information content (AvgIpc) is 2.65. The second-order valence-electron chi connectivity index (χ2n) is 3.90. The number of nitrogens with one attached hydrogen (secondary N) is 2. The lowest BCUT2D eigenvalue weighted by Crippen LogP contribution is -2.25. The second-order valence-corrected chi connectivity index (χ2v) is 3.90. The molecule has 3 nitrogen and oxygen atoms in total. The Morgan fingerprint density at radius 3 is 2.81 bits per heavy atom. The van der Waals surface area contributed by atoms with Crippen molar-refractivity contribution in [3.05, 3.63) is 18.0 Å². The van der Waals surface area contributed by atoms with E-state index >= 15 is 0 Å². The summed E-state index contributed by atoms with van der Waals surface area (Å²) in [6.07, 6.45) is -0.597. The molecule has 0 bridgehead atoms. The number of aromatic nitrogens is 2. The van der Waals surface area contributed by atoms with Gasteiger partial charge in [-0.25, -0.2) is 0 Å². The molecule has 0 aliphatic carbocycles. The molecule has 0 aliphatic rings. The van der Waals surface area contributed by atoms with Crippen molar-refractivity contribution < 1.29 is 13.2 Å². The Bertz CT molecular complexity index is 282. The van der Waals surface area contributed by atoms with Crippen LogP contribution in [0.3, 0.4) is 0 Å². The third kappa shape index (κ3) is 5.75. The fraction of sp³-hybridized carbons (Fsp3) is 0.700. The van der Waals surface area contributed by atoms with Gasteiger partial charge in [0, 0.05) is 30.8 Å². The van der Waals surface area contributed by atoms with Crippen LogP contribution in [0, 0.1) is 0 Å². The van der Waals surface area contributed by atoms with Crippen molar-refractivity contribution in [2.75, 3.05) is 0 Å². The minimum atomic E-state index is -4.04. The summed E-state index contributed by atoms with van der Waals surface area (Å²) in [6.45, 7) is 2.51. The Balaban J connectivity index is 2.09. The van der Waals surface area contributed by atoms with Gasteiger partial charge in [0.25, 0.3) is 0 Å². The quantitative estimate of drug-likeness (QED) is 0.795.